The molecule has 0 saturated carbocycles. The average Bonchev–Trinajstić information content (AvgIpc) is 2.33. The van der Waals surface area contributed by atoms with E-state index >= 15 is 0 Å². The molecule has 4 heteroatoms. The van der Waals surface area contributed by atoms with Crippen molar-refractivity contribution < 1.29 is 9.53 Å². The highest BCUT2D eigenvalue weighted by Gasteiger charge is 2.06. The Bertz CT molecular complexity index is 452. The maximum atomic E-state index is 11.4. The van der Waals surface area contributed by atoms with Crippen LogP contribution in [0.5, 0.6) is 5.75 Å². The van der Waals surface area contributed by atoms with Gasteiger partial charge >= 0.3 is 0 Å². The third-order valence-electron chi connectivity index (χ3n) is 2.68. The zero-order chi connectivity index (χ0) is 13.5. The molecule has 96 valence electrons. The first-order chi connectivity index (χ1) is 8.58. The normalized spacial score (nSPS) is 9.67. The monoisotopic (exact) mass is 246 g/mol. The Morgan fingerprint density at radius 1 is 1.39 bits per heavy atom. The van der Waals surface area contributed by atoms with Crippen LogP contribution in [0.15, 0.2) is 12.1 Å². The van der Waals surface area contributed by atoms with E-state index < -0.39 is 0 Å². The number of nitrogens with zero attached hydrogens (tertiary/aromatic N) is 1. The number of amides is 1. The van der Waals surface area contributed by atoms with Gasteiger partial charge in [0.1, 0.15) is 5.75 Å². The molecule has 1 aromatic carbocycles. The minimum Gasteiger partial charge on any atom is -0.496 e. The number of benzene rings is 1. The summed E-state index contributed by atoms with van der Waals surface area (Å²) >= 11 is 0. The van der Waals surface area contributed by atoms with Crippen molar-refractivity contribution in [2.45, 2.75) is 33.2 Å². The van der Waals surface area contributed by atoms with Crippen LogP contribution in [0.2, 0.25) is 0 Å². The fourth-order valence-corrected chi connectivity index (χ4v) is 1.92. The molecule has 1 amide bonds. The topological polar surface area (TPSA) is 62.1 Å². The lowest BCUT2D eigenvalue weighted by molar-refractivity contribution is -0.121. The fourth-order valence-electron chi connectivity index (χ4n) is 1.92. The van der Waals surface area contributed by atoms with Crippen LogP contribution in [0.1, 0.15) is 29.5 Å². The SMILES string of the molecule is COc1c(C)cc(CNC(=O)CCC#N)cc1C. The van der Waals surface area contributed by atoms with Crippen LogP contribution in [-0.2, 0) is 11.3 Å². The summed E-state index contributed by atoms with van der Waals surface area (Å²) < 4.78 is 5.29. The number of aryl methyl sites for hydroxylation is 2. The Balaban J connectivity index is 2.64. The molecule has 0 aliphatic heterocycles. The first-order valence-corrected chi connectivity index (χ1v) is 5.86. The molecule has 0 aliphatic rings. The predicted molar refractivity (Wildman–Crippen MR) is 69.2 cm³/mol. The van der Waals surface area contributed by atoms with Gasteiger partial charge in [-0.3, -0.25) is 4.79 Å². The summed E-state index contributed by atoms with van der Waals surface area (Å²) in [4.78, 5) is 11.4. The Labute approximate surface area is 108 Å². The van der Waals surface area contributed by atoms with Gasteiger partial charge in [-0.25, -0.2) is 0 Å². The van der Waals surface area contributed by atoms with E-state index in [2.05, 4.69) is 5.32 Å². The summed E-state index contributed by atoms with van der Waals surface area (Å²) in [5.41, 5.74) is 3.15. The van der Waals surface area contributed by atoms with Crippen molar-refractivity contribution in [3.05, 3.63) is 28.8 Å². The first-order valence-electron chi connectivity index (χ1n) is 5.86. The zero-order valence-electron chi connectivity index (χ0n) is 11.0. The van der Waals surface area contributed by atoms with Crippen LogP contribution in [0.25, 0.3) is 0 Å². The van der Waals surface area contributed by atoms with Crippen LogP contribution in [0.3, 0.4) is 0 Å². The van der Waals surface area contributed by atoms with Gasteiger partial charge in [0.2, 0.25) is 5.91 Å². The van der Waals surface area contributed by atoms with E-state index in [1.807, 2.05) is 32.0 Å². The molecule has 0 aliphatic carbocycles. The molecule has 0 unspecified atom stereocenters. The lowest BCUT2D eigenvalue weighted by atomic mass is 10.1. The number of hydrogen-bond donors (Lipinski definition) is 1. The maximum absolute atomic E-state index is 11.4. The second kappa shape index (κ2) is 6.65. The number of ether oxygens (including phenoxy) is 1. The van der Waals surface area contributed by atoms with Crippen LogP contribution in [0, 0.1) is 25.2 Å². The summed E-state index contributed by atoms with van der Waals surface area (Å²) in [5, 5.41) is 11.2. The van der Waals surface area contributed by atoms with Gasteiger partial charge in [-0.05, 0) is 30.5 Å². The molecule has 0 atom stereocenters. The smallest absolute Gasteiger partial charge is 0.221 e. The summed E-state index contributed by atoms with van der Waals surface area (Å²) in [6.07, 6.45) is 0.511. The molecule has 4 nitrogen and oxygen atoms in total. The lowest BCUT2D eigenvalue weighted by Gasteiger charge is -2.11. The predicted octanol–water partition coefficient (Wildman–Crippen LogP) is 2.23. The number of carbonyl (C=O) groups excluding carboxylic acids is 1. The van der Waals surface area contributed by atoms with E-state index in [4.69, 9.17) is 10.00 Å². The van der Waals surface area contributed by atoms with Crippen LogP contribution in [-0.4, -0.2) is 13.0 Å². The van der Waals surface area contributed by atoms with Gasteiger partial charge in [-0.15, -0.1) is 0 Å². The number of nitrogens with one attached hydrogen (secondary N) is 1. The molecule has 1 N–H and O–H groups in total. The molecular weight excluding hydrogens is 228 g/mol. The van der Waals surface area contributed by atoms with Crippen molar-refractivity contribution >= 4 is 5.91 Å². The van der Waals surface area contributed by atoms with Gasteiger partial charge in [0.05, 0.1) is 13.2 Å². The lowest BCUT2D eigenvalue weighted by Crippen LogP contribution is -2.22. The summed E-state index contributed by atoms with van der Waals surface area (Å²) in [6.45, 7) is 4.44. The van der Waals surface area contributed by atoms with E-state index in [1.165, 1.54) is 0 Å². The van der Waals surface area contributed by atoms with Crippen molar-refractivity contribution in [3.63, 3.8) is 0 Å². The molecule has 1 rings (SSSR count). The molecule has 0 aromatic heterocycles. The molecule has 0 fully saturated rings. The van der Waals surface area contributed by atoms with Gasteiger partial charge in [0, 0.05) is 19.4 Å². The molecule has 0 radical (unpaired) electrons. The van der Waals surface area contributed by atoms with Gasteiger partial charge in [0.25, 0.3) is 0 Å². The molecule has 0 saturated heterocycles. The Morgan fingerprint density at radius 3 is 2.50 bits per heavy atom. The van der Waals surface area contributed by atoms with E-state index in [1.54, 1.807) is 7.11 Å². The Morgan fingerprint density at radius 2 is 2.00 bits per heavy atom. The van der Waals surface area contributed by atoms with Gasteiger partial charge in [-0.1, -0.05) is 12.1 Å². The molecule has 0 spiro atoms. The Kier molecular flexibility index (Phi) is 5.19. The van der Waals surface area contributed by atoms with E-state index in [-0.39, 0.29) is 18.7 Å². The minimum atomic E-state index is -0.0947. The van der Waals surface area contributed by atoms with Crippen molar-refractivity contribution in [3.8, 4) is 11.8 Å². The van der Waals surface area contributed by atoms with Gasteiger partial charge in [-0.2, -0.15) is 5.26 Å². The van der Waals surface area contributed by atoms with Gasteiger partial charge < -0.3 is 10.1 Å². The van der Waals surface area contributed by atoms with Crippen molar-refractivity contribution in [2.24, 2.45) is 0 Å². The standard InChI is InChI=1S/C14H18N2O2/c1-10-7-12(8-11(2)14(10)18-3)9-16-13(17)5-4-6-15/h7-8H,4-5,9H2,1-3H3,(H,16,17). The average molecular weight is 246 g/mol. The summed E-state index contributed by atoms with van der Waals surface area (Å²) in [6, 6.07) is 5.95. The zero-order valence-corrected chi connectivity index (χ0v) is 11.0. The molecule has 0 heterocycles. The van der Waals surface area contributed by atoms with Crippen LogP contribution < -0.4 is 10.1 Å². The maximum Gasteiger partial charge on any atom is 0.221 e. The Hall–Kier alpha value is -2.02. The minimum absolute atomic E-state index is 0.0947. The highest BCUT2D eigenvalue weighted by molar-refractivity contribution is 5.76. The van der Waals surface area contributed by atoms with Crippen LogP contribution in [0.4, 0.5) is 0 Å². The second-order valence-electron chi connectivity index (χ2n) is 4.20. The highest BCUT2D eigenvalue weighted by Crippen LogP contribution is 2.24. The fraction of sp³-hybridized carbons (Fsp3) is 0.429. The number of nitriles is 1. The van der Waals surface area contributed by atoms with E-state index in [0.29, 0.717) is 6.54 Å². The molecular formula is C14H18N2O2. The van der Waals surface area contributed by atoms with E-state index in [0.717, 1.165) is 22.4 Å². The second-order valence-corrected chi connectivity index (χ2v) is 4.20. The number of hydrogen-bond acceptors (Lipinski definition) is 3. The number of methoxy groups -OCH3 is 1. The van der Waals surface area contributed by atoms with Crippen molar-refractivity contribution in [1.29, 1.82) is 5.26 Å². The van der Waals surface area contributed by atoms with Crippen LogP contribution >= 0.6 is 0 Å². The first kappa shape index (κ1) is 14.0. The van der Waals surface area contributed by atoms with Crippen molar-refractivity contribution in [1.82, 2.24) is 5.32 Å². The molecule has 0 bridgehead atoms. The largest absolute Gasteiger partial charge is 0.496 e. The summed E-state index contributed by atoms with van der Waals surface area (Å²) in [7, 11) is 1.65. The summed E-state index contributed by atoms with van der Waals surface area (Å²) in [5.74, 6) is 0.789. The van der Waals surface area contributed by atoms with E-state index in [9.17, 15) is 4.79 Å². The number of rotatable bonds is 5. The third-order valence-corrected chi connectivity index (χ3v) is 2.68. The number of carbonyl (C=O) groups is 1. The van der Waals surface area contributed by atoms with Crippen molar-refractivity contribution in [2.75, 3.05) is 7.11 Å². The molecule has 18 heavy (non-hydrogen) atoms. The molecule has 1 aromatic rings. The third kappa shape index (κ3) is 3.77. The quantitative estimate of drug-likeness (QED) is 0.866. The van der Waals surface area contributed by atoms with Gasteiger partial charge in [0.15, 0.2) is 0 Å². The highest BCUT2D eigenvalue weighted by atomic mass is 16.5.